The normalized spacial score (nSPS) is 16.1. The van der Waals surface area contributed by atoms with Crippen LogP contribution in [0.2, 0.25) is 0 Å². The number of β-amino-alcohol motifs (C(OH)–C–C–N with tert-alkyl or cyclic N) is 2. The van der Waals surface area contributed by atoms with Gasteiger partial charge in [0.1, 0.15) is 36.9 Å². The predicted octanol–water partition coefficient (Wildman–Crippen LogP) is 4.04. The van der Waals surface area contributed by atoms with Gasteiger partial charge in [-0.2, -0.15) is 0 Å². The summed E-state index contributed by atoms with van der Waals surface area (Å²) in [6, 6.07) is 61.9. The van der Waals surface area contributed by atoms with Crippen LogP contribution < -0.4 is 49.4 Å². The van der Waals surface area contributed by atoms with Crippen molar-refractivity contribution >= 4 is 45.5 Å². The third-order valence-corrected chi connectivity index (χ3v) is 20.5. The second-order valence-electron chi connectivity index (χ2n) is 28.8. The van der Waals surface area contributed by atoms with Gasteiger partial charge in [0.2, 0.25) is 17.7 Å². The Bertz CT molecular complexity index is 3770. The minimum absolute atomic E-state index is 0. The summed E-state index contributed by atoms with van der Waals surface area (Å²) in [5.41, 5.74) is 7.16. The molecular formula is C86H113LiN12O9. The van der Waals surface area contributed by atoms with Crippen molar-refractivity contribution in [2.45, 2.75) is 101 Å². The number of aryl methyl sites for hydroxylation is 4. The molecule has 3 amide bonds. The molecule has 8 aromatic rings. The number of hydrogen-bond acceptors (Lipinski definition) is 18. The van der Waals surface area contributed by atoms with Gasteiger partial charge in [-0.3, -0.25) is 53.8 Å². The molecule has 0 radical (unpaired) electrons. The van der Waals surface area contributed by atoms with E-state index in [2.05, 4.69) is 160 Å². The van der Waals surface area contributed by atoms with E-state index in [0.717, 1.165) is 170 Å². The summed E-state index contributed by atoms with van der Waals surface area (Å²) in [5, 5.41) is 43.5. The second-order valence-corrected chi connectivity index (χ2v) is 28.8. The number of pyridine rings is 2. The van der Waals surface area contributed by atoms with Crippen molar-refractivity contribution in [1.29, 1.82) is 0 Å². The number of nitrogens with zero attached hydrogens (tertiary/aromatic N) is 9. The fourth-order valence-corrected chi connectivity index (χ4v) is 14.6. The van der Waals surface area contributed by atoms with Crippen LogP contribution in [0.4, 0.5) is 0 Å². The molecule has 0 unspecified atom stereocenters. The van der Waals surface area contributed by atoms with Crippen molar-refractivity contribution in [3.05, 3.63) is 217 Å². The van der Waals surface area contributed by atoms with Gasteiger partial charge >= 0.3 is 18.9 Å². The van der Waals surface area contributed by atoms with Gasteiger partial charge in [0.15, 0.2) is 0 Å². The summed E-state index contributed by atoms with van der Waals surface area (Å²) in [7, 11) is 0. The van der Waals surface area contributed by atoms with E-state index in [0.29, 0.717) is 77.7 Å². The van der Waals surface area contributed by atoms with Gasteiger partial charge in [-0.05, 0) is 148 Å². The van der Waals surface area contributed by atoms with Crippen molar-refractivity contribution in [3.8, 4) is 11.5 Å². The maximum absolute atomic E-state index is 13.2. The molecule has 0 bridgehead atoms. The number of carboxylic acid groups (broad SMARTS) is 1. The van der Waals surface area contributed by atoms with Gasteiger partial charge in [0.05, 0.1) is 36.6 Å². The van der Waals surface area contributed by atoms with E-state index in [-0.39, 0.29) is 68.4 Å². The average Bonchev–Trinajstić information content (AvgIpc) is 0.826. The molecular weight excluding hydrogens is 1350 g/mol. The number of carbonyl (C=O) groups is 4. The molecule has 6 heterocycles. The van der Waals surface area contributed by atoms with Crippen LogP contribution in [0.25, 0.3) is 21.8 Å². The van der Waals surface area contributed by atoms with E-state index in [4.69, 9.17) is 9.47 Å². The van der Waals surface area contributed by atoms with Crippen LogP contribution in [-0.4, -0.2) is 260 Å². The van der Waals surface area contributed by atoms with Crippen LogP contribution in [0.1, 0.15) is 73.6 Å². The number of carboxylic acids is 1. The minimum Gasteiger partial charge on any atom is -0.549 e. The molecule has 2 aromatic heterocycles. The molecule has 2 atom stereocenters. The fraction of sp³-hybridized carbons (Fsp3) is 0.465. The van der Waals surface area contributed by atoms with E-state index < -0.39 is 18.2 Å². The summed E-state index contributed by atoms with van der Waals surface area (Å²) in [6.45, 7) is 15.2. The summed E-state index contributed by atoms with van der Waals surface area (Å²) in [6.07, 6.45) is 14.7. The quantitative estimate of drug-likeness (QED) is 0.0349. The first-order chi connectivity index (χ1) is 52.4. The number of rotatable bonds is 36. The number of hydrogen-bond donors (Lipinski definition) is 5. The number of aromatic nitrogens is 2. The zero-order valence-electron chi connectivity index (χ0n) is 63.5. The van der Waals surface area contributed by atoms with Crippen LogP contribution in [0.3, 0.4) is 0 Å². The molecule has 12 rings (SSSR count). The van der Waals surface area contributed by atoms with E-state index in [1.165, 1.54) is 22.3 Å². The summed E-state index contributed by atoms with van der Waals surface area (Å²) < 4.78 is 11.7. The number of piperazine rings is 4. The molecule has 572 valence electrons. The first kappa shape index (κ1) is 83.9. The number of ether oxygens (including phenoxy) is 2. The first-order valence-corrected chi connectivity index (χ1v) is 39.0. The van der Waals surface area contributed by atoms with Crippen molar-refractivity contribution in [2.75, 3.05) is 157 Å². The van der Waals surface area contributed by atoms with Crippen LogP contribution >= 0.6 is 0 Å². The first-order valence-electron chi connectivity index (χ1n) is 39.0. The molecule has 4 aliphatic heterocycles. The van der Waals surface area contributed by atoms with Crippen LogP contribution in [0.5, 0.6) is 11.5 Å². The molecule has 4 fully saturated rings. The number of carbonyl (C=O) groups excluding carboxylic acids is 4. The zero-order valence-corrected chi connectivity index (χ0v) is 63.5. The number of aliphatic carboxylic acids is 1. The Labute approximate surface area is 651 Å². The van der Waals surface area contributed by atoms with E-state index >= 15 is 0 Å². The summed E-state index contributed by atoms with van der Waals surface area (Å²) in [5.74, 6) is 0.796. The molecule has 22 heteroatoms. The SMILES string of the molecule is O=C(CN1CCN(C(=O)CN2CCN(C[C@@H](O)COc3cccc4ncccc34)CC2)CC1)NC(CCCc1ccccc1)CCCc1ccccc1.O=C(CN1CCNCC1)NC(CCCc1ccccc1)CCCc1ccccc1.O=C([O-])CN1CCN(C[C@@H](O)COc2cccc3ncccc23)CC1.[Li+]. The molecule has 6 aromatic carbocycles. The molecule has 4 aliphatic rings. The Morgan fingerprint density at radius 1 is 0.407 bits per heavy atom. The van der Waals surface area contributed by atoms with Gasteiger partial charge in [-0.15, -0.1) is 0 Å². The smallest absolute Gasteiger partial charge is 0.549 e. The molecule has 5 N–H and O–H groups in total. The van der Waals surface area contributed by atoms with Crippen LogP contribution in [-0.2, 0) is 44.9 Å². The summed E-state index contributed by atoms with van der Waals surface area (Å²) >= 11 is 0. The molecule has 108 heavy (non-hydrogen) atoms. The third kappa shape index (κ3) is 30.4. The largest absolute Gasteiger partial charge is 1.00 e. The molecule has 0 saturated carbocycles. The van der Waals surface area contributed by atoms with E-state index in [1.807, 2.05) is 82.6 Å². The van der Waals surface area contributed by atoms with Gasteiger partial charge in [0.25, 0.3) is 0 Å². The second kappa shape index (κ2) is 47.0. The van der Waals surface area contributed by atoms with Crippen molar-refractivity contribution < 1.29 is 62.8 Å². The van der Waals surface area contributed by atoms with Crippen molar-refractivity contribution in [1.82, 2.24) is 60.2 Å². The van der Waals surface area contributed by atoms with Crippen LogP contribution in [0.15, 0.2) is 194 Å². The summed E-state index contributed by atoms with van der Waals surface area (Å²) in [4.78, 5) is 73.1. The van der Waals surface area contributed by atoms with Gasteiger partial charge in [0, 0.05) is 160 Å². The van der Waals surface area contributed by atoms with Crippen molar-refractivity contribution in [3.63, 3.8) is 0 Å². The standard InChI is InChI=1S/C43H56N6O4.C25H35N3O.C18H23N3O4.Li/c50-38(34-53-41-21-9-20-40-39(41)19-10-22-44-40)31-46-23-25-48(26-24-46)33-43(52)49-29-27-47(28-30-49)32-42(51)45-37(17-7-15-35-11-3-1-4-12-35)18-8-16-36-13-5-2-6-14-36;29-25(21-28-19-17-26-18-20-28)27-24(15-7-13-22-9-3-1-4-10-22)16-8-14-23-11-5-2-6-12-23;22-14(11-20-7-9-21(10-8-20)12-18(23)24)13-25-17-5-1-4-16-15(17)3-2-6-19-16;/h1-6,9-14,19-22,37-38,50H,7-8,15-18,23-34H2,(H,45,51);1-6,9-12,24,26H,7-8,13-21H2,(H,27,29);1-6,14,22H,7-13H2,(H,23,24);/q;;;+1/p-1/t38-;;14-;/m1.1./s1. The topological polar surface area (TPSA) is 235 Å². The molecule has 0 spiro atoms. The Hall–Kier alpha value is -8.14. The fourth-order valence-electron chi connectivity index (χ4n) is 14.6. The number of aliphatic hydroxyl groups is 2. The Balaban J connectivity index is 0.000000206. The zero-order chi connectivity index (χ0) is 74.5. The number of aliphatic hydroxyl groups excluding tert-OH is 2. The number of nitrogens with one attached hydrogen (secondary N) is 3. The van der Waals surface area contributed by atoms with Gasteiger partial charge in [-0.25, -0.2) is 0 Å². The van der Waals surface area contributed by atoms with Crippen LogP contribution in [0, 0.1) is 0 Å². The maximum atomic E-state index is 13.2. The Morgan fingerprint density at radius 2 is 0.750 bits per heavy atom. The Kier molecular flexibility index (Phi) is 36.5. The predicted molar refractivity (Wildman–Crippen MR) is 421 cm³/mol. The van der Waals surface area contributed by atoms with E-state index in [9.17, 15) is 34.5 Å². The van der Waals surface area contributed by atoms with E-state index in [1.54, 1.807) is 12.4 Å². The number of amides is 3. The number of benzene rings is 6. The molecule has 4 saturated heterocycles. The maximum Gasteiger partial charge on any atom is 1.00 e. The van der Waals surface area contributed by atoms with Gasteiger partial charge in [-0.1, -0.05) is 133 Å². The van der Waals surface area contributed by atoms with Gasteiger partial charge < -0.3 is 50.4 Å². The molecule has 21 nitrogen and oxygen atoms in total. The minimum atomic E-state index is -1.05. The Morgan fingerprint density at radius 3 is 1.13 bits per heavy atom. The average molecular weight is 1470 g/mol. The monoisotopic (exact) mass is 1460 g/mol. The number of fused-ring (bicyclic) bond motifs is 2. The third-order valence-electron chi connectivity index (χ3n) is 20.5. The molecule has 0 aliphatic carbocycles. The van der Waals surface area contributed by atoms with Crippen molar-refractivity contribution in [2.24, 2.45) is 0 Å².